The molecule has 0 saturated heterocycles. The fraction of sp³-hybridized carbons (Fsp3) is 0.875. The molecule has 0 bridgehead atoms. The molecule has 0 aliphatic carbocycles. The van der Waals surface area contributed by atoms with E-state index in [0.29, 0.717) is 13.0 Å². The zero-order chi connectivity index (χ0) is 7.82. The van der Waals surface area contributed by atoms with Crippen LogP contribution >= 0.6 is 0 Å². The number of hydrogen-bond donors (Lipinski definition) is 0. The predicted octanol–water partition coefficient (Wildman–Crippen LogP) is 0.943. The molecule has 0 N–H and O–H groups in total. The van der Waals surface area contributed by atoms with Crippen LogP contribution in [0.25, 0.3) is 0 Å². The summed E-state index contributed by atoms with van der Waals surface area (Å²) < 4.78 is 4.75. The van der Waals surface area contributed by atoms with Crippen LogP contribution in [0.15, 0.2) is 0 Å². The summed E-state index contributed by atoms with van der Waals surface area (Å²) in [6, 6.07) is 0. The van der Waals surface area contributed by atoms with E-state index < -0.39 is 0 Å². The third-order valence-corrected chi connectivity index (χ3v) is 1.29. The van der Waals surface area contributed by atoms with Gasteiger partial charge in [0.2, 0.25) is 0 Å². The number of rotatable bonds is 5. The number of carbonyl (C=O) groups excluding carboxylic acids is 1. The van der Waals surface area contributed by atoms with E-state index in [1.807, 2.05) is 6.92 Å². The molecule has 0 aromatic heterocycles. The molecule has 0 heterocycles. The Balaban J connectivity index is -0.000000405. The first-order valence-corrected chi connectivity index (χ1v) is 3.96. The van der Waals surface area contributed by atoms with Gasteiger partial charge in [0.05, 0.1) is 6.61 Å². The number of hydrogen-bond acceptors (Lipinski definition) is 2. The molecule has 1 radical (unpaired) electrons. The Morgan fingerprint density at radius 1 is 1.25 bits per heavy atom. The van der Waals surface area contributed by atoms with Gasteiger partial charge in [-0.15, -0.1) is 0 Å². The predicted molar refractivity (Wildman–Crippen MR) is 50.7 cm³/mol. The third kappa shape index (κ3) is 13.5. The molecule has 0 aromatic rings. The first-order chi connectivity index (χ1) is 4.81. The van der Waals surface area contributed by atoms with Crippen LogP contribution in [-0.2, 0) is 26.6 Å². The third-order valence-electron chi connectivity index (χ3n) is 1.29. The monoisotopic (exact) mass is 419 g/mol. The van der Waals surface area contributed by atoms with Crippen LogP contribution in [0.2, 0.25) is 0 Å². The van der Waals surface area contributed by atoms with E-state index >= 15 is 0 Å². The van der Waals surface area contributed by atoms with Crippen molar-refractivity contribution in [1.82, 2.24) is 0 Å². The van der Waals surface area contributed by atoms with Crippen LogP contribution in [-0.4, -0.2) is 38.8 Å². The molecule has 0 aliphatic heterocycles. The summed E-state index contributed by atoms with van der Waals surface area (Å²) in [5, 5.41) is 0. The van der Waals surface area contributed by atoms with Crippen molar-refractivity contribution < 1.29 is 26.6 Å². The summed E-state index contributed by atoms with van der Waals surface area (Å²) in [6.45, 7) is 4.45. The van der Waals surface area contributed by atoms with Crippen LogP contribution in [0.1, 0.15) is 39.5 Å². The Morgan fingerprint density at radius 2 is 1.83 bits per heavy atom. The van der Waals surface area contributed by atoms with Gasteiger partial charge in [0, 0.05) is 23.5 Å². The van der Waals surface area contributed by atoms with Crippen LogP contribution < -0.4 is 0 Å². The van der Waals surface area contributed by atoms with Crippen LogP contribution in [0.4, 0.5) is 0 Å². The second kappa shape index (κ2) is 14.4. The molecular formula is C8H19BiCuO2. The van der Waals surface area contributed by atoms with Crippen molar-refractivity contribution in [2.75, 3.05) is 6.61 Å². The van der Waals surface area contributed by atoms with Crippen molar-refractivity contribution in [3.8, 4) is 0 Å². The Bertz CT molecular complexity index is 99.1. The molecule has 0 saturated carbocycles. The van der Waals surface area contributed by atoms with E-state index in [-0.39, 0.29) is 49.2 Å². The number of carbonyl (C=O) groups is 1. The number of esters is 1. The Kier molecular flexibility index (Phi) is 22.3. The van der Waals surface area contributed by atoms with Crippen LogP contribution in [0.3, 0.4) is 0 Å². The molecule has 0 rings (SSSR count). The normalized spacial score (nSPS) is 7.83. The van der Waals surface area contributed by atoms with Gasteiger partial charge >= 0.3 is 32.2 Å². The molecule has 0 spiro atoms. The molecule has 2 nitrogen and oxygen atoms in total. The molecule has 0 atom stereocenters. The zero-order valence-corrected chi connectivity index (χ0v) is 14.3. The summed E-state index contributed by atoms with van der Waals surface area (Å²) in [7, 11) is 0. The fourth-order valence-corrected chi connectivity index (χ4v) is 0.752. The second-order valence-corrected chi connectivity index (χ2v) is 2.26. The maximum Gasteiger partial charge on any atom is 0 e. The number of unbranched alkanes of at least 4 members (excludes halogenated alkanes) is 2. The first kappa shape index (κ1) is 18.6. The van der Waals surface area contributed by atoms with Crippen molar-refractivity contribution in [2.45, 2.75) is 39.5 Å². The molecule has 79 valence electrons. The minimum atomic E-state index is -0.0593. The summed E-state index contributed by atoms with van der Waals surface area (Å²) in [5.74, 6) is -0.0593. The van der Waals surface area contributed by atoms with Gasteiger partial charge < -0.3 is 4.74 Å². The van der Waals surface area contributed by atoms with Crippen LogP contribution in [0, 0.1) is 0 Å². The van der Waals surface area contributed by atoms with Gasteiger partial charge in [-0.3, -0.25) is 4.79 Å². The molecule has 0 fully saturated rings. The summed E-state index contributed by atoms with van der Waals surface area (Å²) in [4.78, 5) is 10.7. The maximum absolute atomic E-state index is 10.7. The summed E-state index contributed by atoms with van der Waals surface area (Å²) >= 11 is 0. The SMILES string of the molecule is CCCCCC(=O)OCC.[BiH3].[Cu]. The standard InChI is InChI=1S/C8H16O2.Bi.Cu.3H/c1-3-5-6-7-8(9)10-4-2;;;;;/h3-7H2,1-2H3;;;;;. The molecule has 4 heteroatoms. The van der Waals surface area contributed by atoms with Crippen molar-refractivity contribution in [3.05, 3.63) is 0 Å². The van der Waals surface area contributed by atoms with Gasteiger partial charge in [0.25, 0.3) is 0 Å². The molecule has 12 heavy (non-hydrogen) atoms. The van der Waals surface area contributed by atoms with E-state index in [1.165, 1.54) is 0 Å². The van der Waals surface area contributed by atoms with E-state index in [2.05, 4.69) is 6.92 Å². The Labute approximate surface area is 104 Å². The van der Waals surface area contributed by atoms with Gasteiger partial charge in [0.15, 0.2) is 0 Å². The summed E-state index contributed by atoms with van der Waals surface area (Å²) in [5.41, 5.74) is 0. The molecule has 0 amide bonds. The van der Waals surface area contributed by atoms with Crippen molar-refractivity contribution in [1.29, 1.82) is 0 Å². The minimum absolute atomic E-state index is 0. The quantitative estimate of drug-likeness (QED) is 0.377. The number of ether oxygens (including phenoxy) is 1. The van der Waals surface area contributed by atoms with Crippen molar-refractivity contribution in [3.63, 3.8) is 0 Å². The van der Waals surface area contributed by atoms with E-state index in [0.717, 1.165) is 19.3 Å². The van der Waals surface area contributed by atoms with E-state index in [1.54, 1.807) is 0 Å². The first-order valence-electron chi connectivity index (χ1n) is 3.96. The van der Waals surface area contributed by atoms with Crippen LogP contribution in [0.5, 0.6) is 0 Å². The average Bonchev–Trinajstić information content (AvgIpc) is 1.89. The molecular weight excluding hydrogens is 401 g/mol. The minimum Gasteiger partial charge on any atom is 0 e. The van der Waals surface area contributed by atoms with E-state index in [9.17, 15) is 4.79 Å². The van der Waals surface area contributed by atoms with Crippen molar-refractivity contribution >= 4 is 32.2 Å². The summed E-state index contributed by atoms with van der Waals surface area (Å²) in [6.07, 6.45) is 3.83. The second-order valence-electron chi connectivity index (χ2n) is 2.26. The smallest absolute Gasteiger partial charge is 0 e. The Hall–Kier alpha value is 0.873. The molecule has 0 aliphatic rings. The van der Waals surface area contributed by atoms with Gasteiger partial charge in [-0.05, 0) is 13.3 Å². The topological polar surface area (TPSA) is 26.3 Å². The zero-order valence-electron chi connectivity index (χ0n) is 7.86. The molecule has 0 aromatic carbocycles. The van der Waals surface area contributed by atoms with Gasteiger partial charge in [0.1, 0.15) is 0 Å². The maximum atomic E-state index is 10.7. The molecule has 0 unspecified atom stereocenters. The van der Waals surface area contributed by atoms with Crippen molar-refractivity contribution in [2.24, 2.45) is 0 Å². The van der Waals surface area contributed by atoms with E-state index in [4.69, 9.17) is 4.74 Å². The van der Waals surface area contributed by atoms with Gasteiger partial charge in [-0.1, -0.05) is 19.8 Å². The van der Waals surface area contributed by atoms with Gasteiger partial charge in [-0.25, -0.2) is 0 Å². The largest absolute Gasteiger partial charge is 0 e. The Morgan fingerprint density at radius 3 is 2.25 bits per heavy atom. The van der Waals surface area contributed by atoms with Gasteiger partial charge in [-0.2, -0.15) is 0 Å². The fourth-order valence-electron chi connectivity index (χ4n) is 0.752. The average molecular weight is 420 g/mol.